The lowest BCUT2D eigenvalue weighted by molar-refractivity contribution is 0.415. The maximum atomic E-state index is 5.42. The van der Waals surface area contributed by atoms with Crippen molar-refractivity contribution in [1.29, 1.82) is 0 Å². The zero-order chi connectivity index (χ0) is 14.5. The highest BCUT2D eigenvalue weighted by atomic mass is 79.9. The van der Waals surface area contributed by atoms with Crippen molar-refractivity contribution in [1.82, 2.24) is 5.32 Å². The molecule has 1 N–H and O–H groups in total. The van der Waals surface area contributed by atoms with E-state index >= 15 is 0 Å². The number of rotatable bonds is 5. The zero-order valence-electron chi connectivity index (χ0n) is 12.0. The molecule has 0 saturated carbocycles. The van der Waals surface area contributed by atoms with Crippen LogP contribution in [0.4, 0.5) is 11.4 Å². The van der Waals surface area contributed by atoms with Crippen molar-refractivity contribution in [3.05, 3.63) is 52.5 Å². The van der Waals surface area contributed by atoms with Gasteiger partial charge in [0.15, 0.2) is 0 Å². The van der Waals surface area contributed by atoms with E-state index in [1.807, 2.05) is 38.4 Å². The number of ether oxygens (including phenoxy) is 1. The van der Waals surface area contributed by atoms with Gasteiger partial charge in [0, 0.05) is 18.1 Å². The molecule has 4 heteroatoms. The summed E-state index contributed by atoms with van der Waals surface area (Å²) in [7, 11) is 5.68. The molecule has 106 valence electrons. The molecule has 0 unspecified atom stereocenters. The van der Waals surface area contributed by atoms with Crippen LogP contribution in [0.25, 0.3) is 0 Å². The predicted molar refractivity (Wildman–Crippen MR) is 88.0 cm³/mol. The van der Waals surface area contributed by atoms with Gasteiger partial charge in [0.25, 0.3) is 0 Å². The van der Waals surface area contributed by atoms with E-state index in [9.17, 15) is 0 Å². The van der Waals surface area contributed by atoms with E-state index in [0.29, 0.717) is 0 Å². The van der Waals surface area contributed by atoms with Crippen LogP contribution >= 0.6 is 15.9 Å². The fraction of sp³-hybridized carbons (Fsp3) is 0.250. The summed E-state index contributed by atoms with van der Waals surface area (Å²) in [6, 6.07) is 14.4. The van der Waals surface area contributed by atoms with Gasteiger partial charge in [-0.05, 0) is 52.8 Å². The van der Waals surface area contributed by atoms with E-state index in [1.165, 1.54) is 5.56 Å². The first-order valence-corrected chi connectivity index (χ1v) is 7.26. The molecule has 0 aromatic heterocycles. The number of hydrogen-bond donors (Lipinski definition) is 1. The Hall–Kier alpha value is -1.52. The van der Waals surface area contributed by atoms with Gasteiger partial charge in [-0.15, -0.1) is 0 Å². The van der Waals surface area contributed by atoms with Gasteiger partial charge < -0.3 is 15.0 Å². The van der Waals surface area contributed by atoms with Crippen LogP contribution < -0.4 is 15.0 Å². The first-order chi connectivity index (χ1) is 9.67. The van der Waals surface area contributed by atoms with Crippen LogP contribution in [0.3, 0.4) is 0 Å². The smallest absolute Gasteiger partial charge is 0.142 e. The highest BCUT2D eigenvalue weighted by molar-refractivity contribution is 9.10. The molecule has 0 aliphatic carbocycles. The Balaban J connectivity index is 2.35. The van der Waals surface area contributed by atoms with E-state index < -0.39 is 0 Å². The third-order valence-corrected chi connectivity index (χ3v) is 3.84. The van der Waals surface area contributed by atoms with Crippen LogP contribution in [0.5, 0.6) is 5.75 Å². The summed E-state index contributed by atoms with van der Waals surface area (Å²) in [5.41, 5.74) is 3.39. The van der Waals surface area contributed by atoms with Gasteiger partial charge in [0.2, 0.25) is 0 Å². The normalized spacial score (nSPS) is 10.4. The van der Waals surface area contributed by atoms with Crippen LogP contribution in [0.15, 0.2) is 46.9 Å². The molecular weight excluding hydrogens is 316 g/mol. The van der Waals surface area contributed by atoms with Crippen LogP contribution in [0.2, 0.25) is 0 Å². The van der Waals surface area contributed by atoms with E-state index in [0.717, 1.165) is 28.1 Å². The molecule has 2 rings (SSSR count). The first-order valence-electron chi connectivity index (χ1n) is 6.47. The second-order valence-electron chi connectivity index (χ2n) is 4.55. The number of nitrogens with one attached hydrogen (secondary N) is 1. The number of hydrogen-bond acceptors (Lipinski definition) is 3. The van der Waals surface area contributed by atoms with Crippen molar-refractivity contribution in [2.45, 2.75) is 6.54 Å². The molecule has 0 bridgehead atoms. The zero-order valence-corrected chi connectivity index (χ0v) is 13.6. The molecule has 20 heavy (non-hydrogen) atoms. The Kier molecular flexibility index (Phi) is 5.04. The van der Waals surface area contributed by atoms with Gasteiger partial charge >= 0.3 is 0 Å². The lowest BCUT2D eigenvalue weighted by Crippen LogP contribution is -2.12. The fourth-order valence-electron chi connectivity index (χ4n) is 2.17. The van der Waals surface area contributed by atoms with Gasteiger partial charge in [-0.1, -0.05) is 18.2 Å². The van der Waals surface area contributed by atoms with Crippen LogP contribution in [-0.2, 0) is 6.54 Å². The maximum Gasteiger partial charge on any atom is 0.142 e. The average molecular weight is 335 g/mol. The fourth-order valence-corrected chi connectivity index (χ4v) is 2.87. The van der Waals surface area contributed by atoms with E-state index in [2.05, 4.69) is 44.3 Å². The number of benzene rings is 2. The van der Waals surface area contributed by atoms with E-state index in [4.69, 9.17) is 4.74 Å². The van der Waals surface area contributed by atoms with E-state index in [-0.39, 0.29) is 0 Å². The molecule has 0 heterocycles. The summed E-state index contributed by atoms with van der Waals surface area (Å²) >= 11 is 3.65. The quantitative estimate of drug-likeness (QED) is 0.896. The highest BCUT2D eigenvalue weighted by Gasteiger charge is 2.12. The third kappa shape index (κ3) is 3.14. The summed E-state index contributed by atoms with van der Waals surface area (Å²) in [5, 5.41) is 3.16. The predicted octanol–water partition coefficient (Wildman–Crippen LogP) is 3.95. The molecule has 0 aliphatic heterocycles. The maximum absolute atomic E-state index is 5.42. The summed E-state index contributed by atoms with van der Waals surface area (Å²) in [4.78, 5) is 2.12. The second kappa shape index (κ2) is 6.77. The lowest BCUT2D eigenvalue weighted by Gasteiger charge is -2.23. The topological polar surface area (TPSA) is 24.5 Å². The Morgan fingerprint density at radius 2 is 1.90 bits per heavy atom. The molecule has 2 aromatic carbocycles. The SMILES string of the molecule is CNCc1ccc(N(C)c2ccccc2OC)c(Br)c1. The van der Waals surface area contributed by atoms with Crippen LogP contribution in [-0.4, -0.2) is 21.2 Å². The Labute approximate surface area is 128 Å². The molecule has 0 saturated heterocycles. The number of methoxy groups -OCH3 is 1. The van der Waals surface area contributed by atoms with Gasteiger partial charge in [-0.2, -0.15) is 0 Å². The van der Waals surface area contributed by atoms with Crippen molar-refractivity contribution in [2.24, 2.45) is 0 Å². The van der Waals surface area contributed by atoms with Crippen molar-refractivity contribution in [3.8, 4) is 5.75 Å². The highest BCUT2D eigenvalue weighted by Crippen LogP contribution is 2.36. The molecule has 0 aliphatic rings. The summed E-state index contributed by atoms with van der Waals surface area (Å²) in [5.74, 6) is 0.862. The molecular formula is C16H19BrN2O. The molecule has 3 nitrogen and oxygen atoms in total. The minimum absolute atomic E-state index is 0.858. The molecule has 0 amide bonds. The number of para-hydroxylation sites is 2. The monoisotopic (exact) mass is 334 g/mol. The molecule has 0 atom stereocenters. The Morgan fingerprint density at radius 3 is 2.55 bits per heavy atom. The number of halogens is 1. The number of anilines is 2. The second-order valence-corrected chi connectivity index (χ2v) is 5.40. The standard InChI is InChI=1S/C16H19BrN2O/c1-18-11-12-8-9-14(13(17)10-12)19(2)15-6-4-5-7-16(15)20-3/h4-10,18H,11H2,1-3H3. The van der Waals surface area contributed by atoms with Crippen molar-refractivity contribution < 1.29 is 4.74 Å². The van der Waals surface area contributed by atoms with Crippen molar-refractivity contribution in [3.63, 3.8) is 0 Å². The van der Waals surface area contributed by atoms with Gasteiger partial charge in [0.1, 0.15) is 5.75 Å². The molecule has 2 aromatic rings. The number of nitrogens with zero attached hydrogens (tertiary/aromatic N) is 1. The average Bonchev–Trinajstić information content (AvgIpc) is 2.47. The van der Waals surface area contributed by atoms with Gasteiger partial charge in [-0.3, -0.25) is 0 Å². The third-order valence-electron chi connectivity index (χ3n) is 3.20. The van der Waals surface area contributed by atoms with Crippen molar-refractivity contribution >= 4 is 27.3 Å². The summed E-state index contributed by atoms with van der Waals surface area (Å²) in [6.07, 6.45) is 0. The van der Waals surface area contributed by atoms with Crippen LogP contribution in [0, 0.1) is 0 Å². The molecule has 0 fully saturated rings. The Bertz CT molecular complexity index is 586. The minimum Gasteiger partial charge on any atom is -0.495 e. The summed E-state index contributed by atoms with van der Waals surface area (Å²) in [6.45, 7) is 0.858. The first kappa shape index (κ1) is 14.9. The lowest BCUT2D eigenvalue weighted by atomic mass is 10.2. The van der Waals surface area contributed by atoms with Crippen molar-refractivity contribution in [2.75, 3.05) is 26.1 Å². The largest absolute Gasteiger partial charge is 0.495 e. The minimum atomic E-state index is 0.858. The van der Waals surface area contributed by atoms with E-state index in [1.54, 1.807) is 7.11 Å². The molecule has 0 spiro atoms. The van der Waals surface area contributed by atoms with Crippen LogP contribution in [0.1, 0.15) is 5.56 Å². The van der Waals surface area contributed by atoms with Gasteiger partial charge in [0.05, 0.1) is 18.5 Å². The van der Waals surface area contributed by atoms with Gasteiger partial charge in [-0.25, -0.2) is 0 Å². The Morgan fingerprint density at radius 1 is 1.15 bits per heavy atom. The summed E-state index contributed by atoms with van der Waals surface area (Å²) < 4.78 is 6.49. The molecule has 0 radical (unpaired) electrons.